The van der Waals surface area contributed by atoms with Gasteiger partial charge in [0.25, 0.3) is 0 Å². The predicted octanol–water partition coefficient (Wildman–Crippen LogP) is 2.88. The quantitative estimate of drug-likeness (QED) is 0.862. The van der Waals surface area contributed by atoms with Crippen LogP contribution in [0, 0.1) is 0 Å². The van der Waals surface area contributed by atoms with Crippen LogP contribution >= 0.6 is 0 Å². The molecule has 2 nitrogen and oxygen atoms in total. The first-order valence-electron chi connectivity index (χ1n) is 6.14. The summed E-state index contributed by atoms with van der Waals surface area (Å²) in [7, 11) is -0.980. The highest BCUT2D eigenvalue weighted by Crippen LogP contribution is 2.31. The summed E-state index contributed by atoms with van der Waals surface area (Å²) < 4.78 is 49.8. The van der Waals surface area contributed by atoms with Gasteiger partial charge in [-0.25, -0.2) is 0 Å². The van der Waals surface area contributed by atoms with Crippen LogP contribution in [0.15, 0.2) is 24.3 Å². The first-order valence-corrected chi connectivity index (χ1v) is 7.63. The third-order valence-corrected chi connectivity index (χ3v) is 4.63. The van der Waals surface area contributed by atoms with E-state index in [9.17, 15) is 17.4 Å². The number of hydrogen-bond acceptors (Lipinski definition) is 2. The highest BCUT2D eigenvalue weighted by atomic mass is 32.2. The lowest BCUT2D eigenvalue weighted by molar-refractivity contribution is -0.137. The van der Waals surface area contributed by atoms with Crippen LogP contribution in [0.25, 0.3) is 0 Å². The Morgan fingerprint density at radius 1 is 1.37 bits per heavy atom. The lowest BCUT2D eigenvalue weighted by Crippen LogP contribution is -2.30. The summed E-state index contributed by atoms with van der Waals surface area (Å²) in [5.41, 5.74) is -0.105. The van der Waals surface area contributed by atoms with E-state index in [2.05, 4.69) is 5.32 Å². The third kappa shape index (κ3) is 3.79. The molecule has 1 fully saturated rings. The molecule has 0 aromatic heterocycles. The van der Waals surface area contributed by atoms with E-state index in [4.69, 9.17) is 0 Å². The van der Waals surface area contributed by atoms with Gasteiger partial charge < -0.3 is 5.32 Å². The van der Waals surface area contributed by atoms with Crippen molar-refractivity contribution in [3.8, 4) is 0 Å². The van der Waals surface area contributed by atoms with Gasteiger partial charge in [0.05, 0.1) is 5.56 Å². The average molecular weight is 291 g/mol. The Bertz CT molecular complexity index is 475. The molecular weight excluding hydrogens is 275 g/mol. The van der Waals surface area contributed by atoms with Crippen molar-refractivity contribution in [2.24, 2.45) is 0 Å². The fraction of sp³-hybridized carbons (Fsp3) is 0.538. The maximum atomic E-state index is 12.7. The van der Waals surface area contributed by atoms with E-state index in [1.54, 1.807) is 6.07 Å². The molecule has 0 aliphatic carbocycles. The van der Waals surface area contributed by atoms with Crippen LogP contribution in [0.2, 0.25) is 0 Å². The lowest BCUT2D eigenvalue weighted by atomic mass is 10.0. The van der Waals surface area contributed by atoms with Gasteiger partial charge in [-0.1, -0.05) is 12.1 Å². The van der Waals surface area contributed by atoms with Crippen LogP contribution < -0.4 is 5.32 Å². The zero-order chi connectivity index (χ0) is 14.0. The number of nitrogens with one attached hydrogen (secondary N) is 1. The predicted molar refractivity (Wildman–Crippen MR) is 69.3 cm³/mol. The minimum atomic E-state index is -4.34. The summed E-state index contributed by atoms with van der Waals surface area (Å²) >= 11 is 0. The van der Waals surface area contributed by atoms with E-state index in [-0.39, 0.29) is 12.1 Å². The second kappa shape index (κ2) is 5.63. The highest BCUT2D eigenvalue weighted by molar-refractivity contribution is 7.85. The first kappa shape index (κ1) is 14.5. The number of benzene rings is 1. The smallest absolute Gasteiger partial charge is 0.307 e. The summed E-state index contributed by atoms with van der Waals surface area (Å²) in [5.74, 6) is 0.968. The van der Waals surface area contributed by atoms with Gasteiger partial charge in [0.15, 0.2) is 0 Å². The maximum Gasteiger partial charge on any atom is 0.416 e. The number of rotatable bonds is 1. The molecule has 0 saturated carbocycles. The fourth-order valence-corrected chi connectivity index (χ4v) is 3.62. The standard InChI is InChI=1S/C13H16F3NOS/c1-9-5-6-19(18)8-12(17-9)10-3-2-4-11(7-10)13(14,15)16/h2-4,7,9,12,17H,5-6,8H2,1H3. The topological polar surface area (TPSA) is 29.1 Å². The molecule has 1 aliphatic rings. The molecule has 2 rings (SSSR count). The van der Waals surface area contributed by atoms with Crippen molar-refractivity contribution in [3.63, 3.8) is 0 Å². The van der Waals surface area contributed by atoms with E-state index in [0.717, 1.165) is 18.6 Å². The molecule has 19 heavy (non-hydrogen) atoms. The maximum absolute atomic E-state index is 12.7. The van der Waals surface area contributed by atoms with Gasteiger partial charge >= 0.3 is 6.18 Å². The monoisotopic (exact) mass is 291 g/mol. The Kier molecular flexibility index (Phi) is 4.30. The van der Waals surface area contributed by atoms with Crippen molar-refractivity contribution >= 4 is 10.8 Å². The average Bonchev–Trinajstić information content (AvgIpc) is 2.51. The minimum Gasteiger partial charge on any atom is -0.307 e. The molecule has 3 unspecified atom stereocenters. The van der Waals surface area contributed by atoms with Crippen molar-refractivity contribution < 1.29 is 17.4 Å². The van der Waals surface area contributed by atoms with Crippen molar-refractivity contribution in [2.45, 2.75) is 31.6 Å². The van der Waals surface area contributed by atoms with Crippen molar-refractivity contribution in [2.75, 3.05) is 11.5 Å². The van der Waals surface area contributed by atoms with Crippen molar-refractivity contribution in [1.29, 1.82) is 0 Å². The Balaban J connectivity index is 2.27. The molecule has 1 N–H and O–H groups in total. The van der Waals surface area contributed by atoms with Crippen LogP contribution in [-0.4, -0.2) is 21.8 Å². The number of hydrogen-bond donors (Lipinski definition) is 1. The fourth-order valence-electron chi connectivity index (χ4n) is 2.18. The molecule has 3 atom stereocenters. The zero-order valence-electron chi connectivity index (χ0n) is 10.5. The van der Waals surface area contributed by atoms with Gasteiger partial charge in [0.2, 0.25) is 0 Å². The lowest BCUT2D eigenvalue weighted by Gasteiger charge is -2.20. The Labute approximate surface area is 112 Å². The molecule has 1 saturated heterocycles. The van der Waals surface area contributed by atoms with E-state index >= 15 is 0 Å². The summed E-state index contributed by atoms with van der Waals surface area (Å²) in [6.07, 6.45) is -3.56. The molecule has 1 aromatic rings. The van der Waals surface area contributed by atoms with E-state index < -0.39 is 22.5 Å². The molecule has 0 spiro atoms. The van der Waals surface area contributed by atoms with Gasteiger partial charge in [0.1, 0.15) is 0 Å². The van der Waals surface area contributed by atoms with Gasteiger partial charge in [-0.3, -0.25) is 4.21 Å². The molecule has 1 heterocycles. The molecule has 1 aromatic carbocycles. The minimum absolute atomic E-state index is 0.158. The van der Waals surface area contributed by atoms with Gasteiger partial charge in [-0.05, 0) is 31.0 Å². The van der Waals surface area contributed by atoms with Gasteiger partial charge in [0, 0.05) is 34.4 Å². The van der Waals surface area contributed by atoms with E-state index in [1.807, 2.05) is 6.92 Å². The molecule has 106 valence electrons. The molecule has 6 heteroatoms. The number of alkyl halides is 3. The normalized spacial score (nSPS) is 28.9. The molecule has 0 bridgehead atoms. The Morgan fingerprint density at radius 3 is 2.79 bits per heavy atom. The van der Waals surface area contributed by atoms with Crippen LogP contribution in [0.1, 0.15) is 30.5 Å². The second-order valence-electron chi connectivity index (χ2n) is 4.84. The van der Waals surface area contributed by atoms with Crippen molar-refractivity contribution in [1.82, 2.24) is 5.32 Å². The van der Waals surface area contributed by atoms with Gasteiger partial charge in [-0.2, -0.15) is 13.2 Å². The SMILES string of the molecule is CC1CCS(=O)CC(c2cccc(C(F)(F)F)c2)N1. The van der Waals surface area contributed by atoms with E-state index in [1.165, 1.54) is 6.07 Å². The Morgan fingerprint density at radius 2 is 2.11 bits per heavy atom. The van der Waals surface area contributed by atoms with E-state index in [0.29, 0.717) is 17.1 Å². The summed E-state index contributed by atoms with van der Waals surface area (Å²) in [4.78, 5) is 0. The summed E-state index contributed by atoms with van der Waals surface area (Å²) in [6, 6.07) is 5.14. The Hall–Kier alpha value is -0.880. The molecular formula is C13H16F3NOS. The second-order valence-corrected chi connectivity index (χ2v) is 6.46. The first-order chi connectivity index (χ1) is 8.86. The largest absolute Gasteiger partial charge is 0.416 e. The number of halogens is 3. The summed E-state index contributed by atoms with van der Waals surface area (Å²) in [5, 5.41) is 3.24. The van der Waals surface area contributed by atoms with Gasteiger partial charge in [-0.15, -0.1) is 0 Å². The van der Waals surface area contributed by atoms with Crippen LogP contribution in [0.3, 0.4) is 0 Å². The van der Waals surface area contributed by atoms with Crippen molar-refractivity contribution in [3.05, 3.63) is 35.4 Å². The van der Waals surface area contributed by atoms with Crippen LogP contribution in [-0.2, 0) is 17.0 Å². The zero-order valence-corrected chi connectivity index (χ0v) is 11.4. The van der Waals surface area contributed by atoms with Crippen LogP contribution in [0.4, 0.5) is 13.2 Å². The molecule has 0 radical (unpaired) electrons. The van der Waals surface area contributed by atoms with Crippen LogP contribution in [0.5, 0.6) is 0 Å². The molecule has 1 aliphatic heterocycles. The molecule has 0 amide bonds. The summed E-state index contributed by atoms with van der Waals surface area (Å²) in [6.45, 7) is 1.96. The highest BCUT2D eigenvalue weighted by Gasteiger charge is 2.31. The third-order valence-electron chi connectivity index (χ3n) is 3.23.